The van der Waals surface area contributed by atoms with Crippen molar-refractivity contribution in [2.45, 2.75) is 44.6 Å². The van der Waals surface area contributed by atoms with Crippen molar-refractivity contribution in [3.05, 3.63) is 34.9 Å². The number of carbonyl (C=O) groups is 1. The van der Waals surface area contributed by atoms with Gasteiger partial charge < -0.3 is 10.6 Å². The summed E-state index contributed by atoms with van der Waals surface area (Å²) in [6.45, 7) is 1.55. The zero-order valence-electron chi connectivity index (χ0n) is 11.4. The fourth-order valence-electron chi connectivity index (χ4n) is 3.20. The second kappa shape index (κ2) is 5.33. The number of likely N-dealkylation sites (tertiary alicyclic amines) is 1. The molecule has 1 amide bonds. The highest BCUT2D eigenvalue weighted by Gasteiger charge is 2.23. The molecular weight excluding hydrogens is 236 g/mol. The van der Waals surface area contributed by atoms with Crippen molar-refractivity contribution in [2.75, 3.05) is 13.1 Å². The van der Waals surface area contributed by atoms with Gasteiger partial charge in [0.2, 0.25) is 5.91 Å². The van der Waals surface area contributed by atoms with Crippen LogP contribution < -0.4 is 5.73 Å². The van der Waals surface area contributed by atoms with Gasteiger partial charge in [-0.05, 0) is 48.8 Å². The van der Waals surface area contributed by atoms with E-state index in [-0.39, 0.29) is 11.9 Å². The number of hydrogen-bond acceptors (Lipinski definition) is 2. The molecule has 0 spiro atoms. The zero-order chi connectivity index (χ0) is 13.2. The second-order valence-electron chi connectivity index (χ2n) is 5.88. The van der Waals surface area contributed by atoms with Crippen molar-refractivity contribution in [3.63, 3.8) is 0 Å². The van der Waals surface area contributed by atoms with E-state index in [1.807, 2.05) is 4.90 Å². The van der Waals surface area contributed by atoms with Gasteiger partial charge in [-0.1, -0.05) is 18.2 Å². The van der Waals surface area contributed by atoms with E-state index in [0.717, 1.165) is 25.1 Å². The van der Waals surface area contributed by atoms with E-state index < -0.39 is 0 Å². The zero-order valence-corrected chi connectivity index (χ0v) is 11.4. The van der Waals surface area contributed by atoms with Crippen LogP contribution >= 0.6 is 0 Å². The predicted molar refractivity (Wildman–Crippen MR) is 76.0 cm³/mol. The van der Waals surface area contributed by atoms with Gasteiger partial charge in [0.15, 0.2) is 0 Å². The summed E-state index contributed by atoms with van der Waals surface area (Å²) in [7, 11) is 0. The highest BCUT2D eigenvalue weighted by Crippen LogP contribution is 2.22. The minimum atomic E-state index is 0.174. The SMILES string of the molecule is N[C@@H]1CCN(C(=O)Cc2ccc3c(c2)CCCC3)C1. The predicted octanol–water partition coefficient (Wildman–Crippen LogP) is 1.67. The Morgan fingerprint density at radius 2 is 2.05 bits per heavy atom. The van der Waals surface area contributed by atoms with Gasteiger partial charge in [0, 0.05) is 19.1 Å². The number of aryl methyl sites for hydroxylation is 2. The molecule has 1 aliphatic heterocycles. The smallest absolute Gasteiger partial charge is 0.227 e. The molecule has 2 aliphatic rings. The lowest BCUT2D eigenvalue weighted by molar-refractivity contribution is -0.129. The average molecular weight is 258 g/mol. The summed E-state index contributed by atoms with van der Waals surface area (Å²) in [4.78, 5) is 14.1. The number of nitrogens with zero attached hydrogens (tertiary/aromatic N) is 1. The summed E-state index contributed by atoms with van der Waals surface area (Å²) in [6.07, 6.45) is 6.43. The molecule has 1 atom stereocenters. The molecule has 1 heterocycles. The molecule has 0 aromatic heterocycles. The molecule has 0 saturated carbocycles. The average Bonchev–Trinajstić information content (AvgIpc) is 2.85. The second-order valence-corrected chi connectivity index (χ2v) is 5.88. The topological polar surface area (TPSA) is 46.3 Å². The van der Waals surface area contributed by atoms with Gasteiger partial charge in [-0.15, -0.1) is 0 Å². The number of hydrogen-bond donors (Lipinski definition) is 1. The van der Waals surface area contributed by atoms with E-state index in [2.05, 4.69) is 18.2 Å². The Balaban J connectivity index is 1.68. The number of fused-ring (bicyclic) bond motifs is 1. The Bertz CT molecular complexity index is 484. The number of rotatable bonds is 2. The first kappa shape index (κ1) is 12.7. The molecule has 1 saturated heterocycles. The van der Waals surface area contributed by atoms with Crippen molar-refractivity contribution in [1.82, 2.24) is 4.90 Å². The van der Waals surface area contributed by atoms with Crippen molar-refractivity contribution in [1.29, 1.82) is 0 Å². The fraction of sp³-hybridized carbons (Fsp3) is 0.562. The molecule has 1 aromatic carbocycles. The van der Waals surface area contributed by atoms with E-state index in [4.69, 9.17) is 5.73 Å². The number of nitrogens with two attached hydrogens (primary N) is 1. The maximum absolute atomic E-state index is 12.2. The maximum Gasteiger partial charge on any atom is 0.227 e. The van der Waals surface area contributed by atoms with E-state index in [9.17, 15) is 4.79 Å². The summed E-state index contributed by atoms with van der Waals surface area (Å²) < 4.78 is 0. The number of amides is 1. The molecule has 3 rings (SSSR count). The van der Waals surface area contributed by atoms with Gasteiger partial charge in [0.05, 0.1) is 6.42 Å². The Kier molecular flexibility index (Phi) is 3.56. The highest BCUT2D eigenvalue weighted by atomic mass is 16.2. The molecule has 102 valence electrons. The number of benzene rings is 1. The van der Waals surface area contributed by atoms with E-state index in [0.29, 0.717) is 6.42 Å². The maximum atomic E-state index is 12.2. The molecule has 19 heavy (non-hydrogen) atoms. The molecule has 1 aromatic rings. The molecule has 0 unspecified atom stereocenters. The first-order valence-corrected chi connectivity index (χ1v) is 7.36. The van der Waals surface area contributed by atoms with E-state index >= 15 is 0 Å². The van der Waals surface area contributed by atoms with Crippen LogP contribution in [0.1, 0.15) is 36.0 Å². The van der Waals surface area contributed by atoms with Crippen LogP contribution in [0.3, 0.4) is 0 Å². The fourth-order valence-corrected chi connectivity index (χ4v) is 3.20. The van der Waals surface area contributed by atoms with Crippen LogP contribution in [0.2, 0.25) is 0 Å². The third-order valence-corrected chi connectivity index (χ3v) is 4.35. The van der Waals surface area contributed by atoms with Crippen molar-refractivity contribution in [3.8, 4) is 0 Å². The molecule has 0 radical (unpaired) electrons. The van der Waals surface area contributed by atoms with Crippen molar-refractivity contribution < 1.29 is 4.79 Å². The van der Waals surface area contributed by atoms with Crippen LogP contribution in [0.15, 0.2) is 18.2 Å². The monoisotopic (exact) mass is 258 g/mol. The standard InChI is InChI=1S/C16H22N2O/c17-15-7-8-18(11-15)16(19)10-12-5-6-13-3-1-2-4-14(13)9-12/h5-6,9,15H,1-4,7-8,10-11,17H2/t15-/m1/s1. The summed E-state index contributed by atoms with van der Waals surface area (Å²) in [5.41, 5.74) is 9.94. The molecular formula is C16H22N2O. The van der Waals surface area contributed by atoms with Gasteiger partial charge >= 0.3 is 0 Å². The van der Waals surface area contributed by atoms with Crippen LogP contribution in [-0.2, 0) is 24.1 Å². The quantitative estimate of drug-likeness (QED) is 0.877. The molecule has 3 nitrogen and oxygen atoms in total. The first-order chi connectivity index (χ1) is 9.22. The Morgan fingerprint density at radius 3 is 2.79 bits per heavy atom. The molecule has 3 heteroatoms. The van der Waals surface area contributed by atoms with E-state index in [1.54, 1.807) is 0 Å². The third-order valence-electron chi connectivity index (χ3n) is 4.35. The van der Waals surface area contributed by atoms with E-state index in [1.165, 1.54) is 36.8 Å². The third kappa shape index (κ3) is 2.81. The van der Waals surface area contributed by atoms with Gasteiger partial charge in [-0.2, -0.15) is 0 Å². The van der Waals surface area contributed by atoms with Crippen molar-refractivity contribution in [2.24, 2.45) is 5.73 Å². The lowest BCUT2D eigenvalue weighted by Gasteiger charge is -2.18. The number of carbonyl (C=O) groups excluding carboxylic acids is 1. The van der Waals surface area contributed by atoms with Gasteiger partial charge in [0.1, 0.15) is 0 Å². The molecule has 1 aliphatic carbocycles. The largest absolute Gasteiger partial charge is 0.341 e. The van der Waals surface area contributed by atoms with Crippen LogP contribution in [0.25, 0.3) is 0 Å². The van der Waals surface area contributed by atoms with Gasteiger partial charge in [0.25, 0.3) is 0 Å². The summed E-state index contributed by atoms with van der Waals surface area (Å²) >= 11 is 0. The Morgan fingerprint density at radius 1 is 1.26 bits per heavy atom. The van der Waals surface area contributed by atoms with Gasteiger partial charge in [-0.3, -0.25) is 4.79 Å². The molecule has 2 N–H and O–H groups in total. The minimum absolute atomic E-state index is 0.174. The van der Waals surface area contributed by atoms with Crippen LogP contribution in [0.4, 0.5) is 0 Å². The Labute approximate surface area is 114 Å². The summed E-state index contributed by atoms with van der Waals surface area (Å²) in [5.74, 6) is 0.226. The van der Waals surface area contributed by atoms with Crippen LogP contribution in [0.5, 0.6) is 0 Å². The molecule has 1 fully saturated rings. The Hall–Kier alpha value is -1.35. The van der Waals surface area contributed by atoms with Gasteiger partial charge in [-0.25, -0.2) is 0 Å². The highest BCUT2D eigenvalue weighted by molar-refractivity contribution is 5.79. The minimum Gasteiger partial charge on any atom is -0.341 e. The summed E-state index contributed by atoms with van der Waals surface area (Å²) in [6, 6.07) is 6.75. The normalized spacial score (nSPS) is 22.4. The van der Waals surface area contributed by atoms with Crippen LogP contribution in [0, 0.1) is 0 Å². The summed E-state index contributed by atoms with van der Waals surface area (Å²) in [5, 5.41) is 0. The van der Waals surface area contributed by atoms with Crippen LogP contribution in [-0.4, -0.2) is 29.9 Å². The van der Waals surface area contributed by atoms with Crippen molar-refractivity contribution >= 4 is 5.91 Å². The first-order valence-electron chi connectivity index (χ1n) is 7.36. The molecule has 0 bridgehead atoms. The lowest BCUT2D eigenvalue weighted by Crippen LogP contribution is -2.32. The lowest BCUT2D eigenvalue weighted by atomic mass is 9.90.